The van der Waals surface area contributed by atoms with Gasteiger partial charge in [-0.3, -0.25) is 9.59 Å². The fourth-order valence-corrected chi connectivity index (χ4v) is 2.99. The number of benzene rings is 2. The highest BCUT2D eigenvalue weighted by atomic mass is 16.5. The largest absolute Gasteiger partial charge is 0.496 e. The summed E-state index contributed by atoms with van der Waals surface area (Å²) in [5.74, 6) is -0.499. The molecule has 1 atom stereocenters. The molecule has 1 aliphatic heterocycles. The minimum Gasteiger partial charge on any atom is -0.496 e. The number of fused-ring (bicyclic) bond motifs is 1. The Labute approximate surface area is 140 Å². The van der Waals surface area contributed by atoms with Crippen LogP contribution in [0.4, 0.5) is 5.69 Å². The van der Waals surface area contributed by atoms with Crippen molar-refractivity contribution in [1.82, 2.24) is 0 Å². The van der Waals surface area contributed by atoms with E-state index in [0.717, 1.165) is 12.0 Å². The lowest BCUT2D eigenvalue weighted by molar-refractivity contribution is -0.133. The fourth-order valence-electron chi connectivity index (χ4n) is 2.99. The minimum atomic E-state index is -1.86. The SMILES string of the molecule is CCc1ccc2c(c1)C(O)(CC(=O)c1ccccc1OC)C(=O)N2. The third kappa shape index (κ3) is 2.57. The van der Waals surface area contributed by atoms with Crippen molar-refractivity contribution >= 4 is 17.4 Å². The first-order valence-electron chi connectivity index (χ1n) is 7.83. The van der Waals surface area contributed by atoms with Gasteiger partial charge in [-0.05, 0) is 30.2 Å². The third-order valence-electron chi connectivity index (χ3n) is 4.39. The van der Waals surface area contributed by atoms with Crippen LogP contribution >= 0.6 is 0 Å². The number of ketones is 1. The molecule has 0 saturated heterocycles. The molecule has 1 amide bonds. The van der Waals surface area contributed by atoms with Crippen molar-refractivity contribution in [3.05, 3.63) is 59.2 Å². The number of rotatable bonds is 5. The number of amides is 1. The molecule has 0 saturated carbocycles. The summed E-state index contributed by atoms with van der Waals surface area (Å²) >= 11 is 0. The van der Waals surface area contributed by atoms with Crippen LogP contribution in [0.5, 0.6) is 5.75 Å². The van der Waals surface area contributed by atoms with E-state index in [0.29, 0.717) is 22.6 Å². The van der Waals surface area contributed by atoms with Gasteiger partial charge in [-0.1, -0.05) is 31.2 Å². The molecule has 124 valence electrons. The van der Waals surface area contributed by atoms with Gasteiger partial charge in [0.2, 0.25) is 0 Å². The highest BCUT2D eigenvalue weighted by Gasteiger charge is 2.47. The molecule has 0 aromatic heterocycles. The van der Waals surface area contributed by atoms with Crippen molar-refractivity contribution in [2.24, 2.45) is 0 Å². The van der Waals surface area contributed by atoms with Gasteiger partial charge in [0.1, 0.15) is 5.75 Å². The van der Waals surface area contributed by atoms with Crippen LogP contribution < -0.4 is 10.1 Å². The van der Waals surface area contributed by atoms with E-state index >= 15 is 0 Å². The molecular weight excluding hydrogens is 306 g/mol. The molecule has 5 nitrogen and oxygen atoms in total. The van der Waals surface area contributed by atoms with Crippen molar-refractivity contribution in [2.45, 2.75) is 25.4 Å². The average molecular weight is 325 g/mol. The zero-order valence-electron chi connectivity index (χ0n) is 13.6. The first-order valence-corrected chi connectivity index (χ1v) is 7.83. The summed E-state index contributed by atoms with van der Waals surface area (Å²) < 4.78 is 5.19. The van der Waals surface area contributed by atoms with E-state index < -0.39 is 11.5 Å². The molecule has 2 N–H and O–H groups in total. The zero-order valence-corrected chi connectivity index (χ0v) is 13.6. The van der Waals surface area contributed by atoms with Gasteiger partial charge in [-0.25, -0.2) is 0 Å². The van der Waals surface area contributed by atoms with E-state index in [1.807, 2.05) is 13.0 Å². The topological polar surface area (TPSA) is 75.6 Å². The quantitative estimate of drug-likeness (QED) is 0.829. The predicted octanol–water partition coefficient (Wildman–Crippen LogP) is 2.67. The van der Waals surface area contributed by atoms with E-state index in [-0.39, 0.29) is 12.2 Å². The maximum Gasteiger partial charge on any atom is 0.261 e. The lowest BCUT2D eigenvalue weighted by atomic mass is 9.87. The maximum absolute atomic E-state index is 12.7. The van der Waals surface area contributed by atoms with Crippen LogP contribution in [-0.4, -0.2) is 23.9 Å². The first-order chi connectivity index (χ1) is 11.5. The van der Waals surface area contributed by atoms with Crippen molar-refractivity contribution in [2.75, 3.05) is 12.4 Å². The van der Waals surface area contributed by atoms with E-state index in [1.165, 1.54) is 7.11 Å². The molecule has 0 spiro atoms. The van der Waals surface area contributed by atoms with Crippen LogP contribution in [0, 0.1) is 0 Å². The summed E-state index contributed by atoms with van der Waals surface area (Å²) in [4.78, 5) is 25.0. The van der Waals surface area contributed by atoms with E-state index in [1.54, 1.807) is 36.4 Å². The molecule has 1 aliphatic rings. The summed E-state index contributed by atoms with van der Waals surface area (Å²) in [7, 11) is 1.48. The smallest absolute Gasteiger partial charge is 0.261 e. The van der Waals surface area contributed by atoms with Gasteiger partial charge in [0, 0.05) is 11.3 Å². The van der Waals surface area contributed by atoms with Gasteiger partial charge in [-0.15, -0.1) is 0 Å². The van der Waals surface area contributed by atoms with Gasteiger partial charge in [-0.2, -0.15) is 0 Å². The van der Waals surface area contributed by atoms with Gasteiger partial charge >= 0.3 is 0 Å². The Morgan fingerprint density at radius 3 is 2.71 bits per heavy atom. The molecule has 0 fully saturated rings. The maximum atomic E-state index is 12.7. The van der Waals surface area contributed by atoms with Crippen molar-refractivity contribution in [3.8, 4) is 5.75 Å². The number of methoxy groups -OCH3 is 1. The van der Waals surface area contributed by atoms with Crippen LogP contribution in [0.3, 0.4) is 0 Å². The van der Waals surface area contributed by atoms with Gasteiger partial charge in [0.05, 0.1) is 19.1 Å². The molecule has 3 rings (SSSR count). The van der Waals surface area contributed by atoms with Crippen molar-refractivity contribution in [3.63, 3.8) is 0 Å². The number of hydrogen-bond acceptors (Lipinski definition) is 4. The Morgan fingerprint density at radius 1 is 1.25 bits per heavy atom. The number of carbonyl (C=O) groups is 2. The second-order valence-corrected chi connectivity index (χ2v) is 5.85. The summed E-state index contributed by atoms with van der Waals surface area (Å²) in [6, 6.07) is 12.2. The fraction of sp³-hybridized carbons (Fsp3) is 0.263. The van der Waals surface area contributed by atoms with E-state index in [4.69, 9.17) is 4.74 Å². The van der Waals surface area contributed by atoms with Crippen LogP contribution in [0.25, 0.3) is 0 Å². The number of aryl methyl sites for hydroxylation is 1. The third-order valence-corrected chi connectivity index (χ3v) is 4.39. The Morgan fingerprint density at radius 2 is 2.00 bits per heavy atom. The number of para-hydroxylation sites is 1. The molecular formula is C19H19NO4. The monoisotopic (exact) mass is 325 g/mol. The molecule has 0 radical (unpaired) electrons. The van der Waals surface area contributed by atoms with Gasteiger partial charge in [0.25, 0.3) is 5.91 Å². The number of Topliss-reactive ketones (excluding diaryl/α,β-unsaturated/α-hetero) is 1. The molecule has 2 aromatic rings. The Kier molecular flexibility index (Phi) is 4.11. The number of carbonyl (C=O) groups excluding carboxylic acids is 2. The molecule has 1 unspecified atom stereocenters. The standard InChI is InChI=1S/C19H19NO4/c1-3-12-8-9-15-14(10-12)19(23,18(22)20-15)11-16(21)13-6-4-5-7-17(13)24-2/h4-10,23H,3,11H2,1-2H3,(H,20,22). The summed E-state index contributed by atoms with van der Waals surface area (Å²) in [6.07, 6.45) is 0.442. The van der Waals surface area contributed by atoms with Crippen LogP contribution in [0.2, 0.25) is 0 Å². The summed E-state index contributed by atoms with van der Waals surface area (Å²) in [5.41, 5.74) is 0.482. The highest BCUT2D eigenvalue weighted by Crippen LogP contribution is 2.40. The minimum absolute atomic E-state index is 0.334. The van der Waals surface area contributed by atoms with Crippen LogP contribution in [0.15, 0.2) is 42.5 Å². The molecule has 0 bridgehead atoms. The lowest BCUT2D eigenvalue weighted by Gasteiger charge is -2.21. The molecule has 0 aliphatic carbocycles. The normalized spacial score (nSPS) is 18.9. The number of nitrogens with one attached hydrogen (secondary N) is 1. The number of hydrogen-bond donors (Lipinski definition) is 2. The Balaban J connectivity index is 1.98. The number of aliphatic hydroxyl groups is 1. The molecule has 2 aromatic carbocycles. The van der Waals surface area contributed by atoms with Crippen molar-refractivity contribution < 1.29 is 19.4 Å². The Hall–Kier alpha value is -2.66. The van der Waals surface area contributed by atoms with E-state index in [2.05, 4.69) is 5.32 Å². The molecule has 5 heteroatoms. The lowest BCUT2D eigenvalue weighted by Crippen LogP contribution is -2.36. The molecule has 24 heavy (non-hydrogen) atoms. The van der Waals surface area contributed by atoms with E-state index in [9.17, 15) is 14.7 Å². The van der Waals surface area contributed by atoms with Gasteiger partial charge < -0.3 is 15.2 Å². The zero-order chi connectivity index (χ0) is 17.3. The summed E-state index contributed by atoms with van der Waals surface area (Å²) in [6.45, 7) is 1.99. The van der Waals surface area contributed by atoms with Crippen LogP contribution in [0.1, 0.15) is 34.8 Å². The van der Waals surface area contributed by atoms with Crippen molar-refractivity contribution in [1.29, 1.82) is 0 Å². The second kappa shape index (κ2) is 6.09. The van der Waals surface area contributed by atoms with Crippen LogP contribution in [-0.2, 0) is 16.8 Å². The average Bonchev–Trinajstić information content (AvgIpc) is 2.85. The highest BCUT2D eigenvalue weighted by molar-refractivity contribution is 6.10. The Bertz CT molecular complexity index is 815. The predicted molar refractivity (Wildman–Crippen MR) is 90.3 cm³/mol. The van der Waals surface area contributed by atoms with Gasteiger partial charge in [0.15, 0.2) is 11.4 Å². The number of ether oxygens (including phenoxy) is 1. The molecule has 1 heterocycles. The second-order valence-electron chi connectivity index (χ2n) is 5.85. The first kappa shape index (κ1) is 16.2. The summed E-state index contributed by atoms with van der Waals surface area (Å²) in [5, 5.41) is 13.6. The number of anilines is 1.